The Morgan fingerprint density at radius 2 is 1.94 bits per heavy atom. The standard InChI is InChI=1S/C24H23F3N5OS/c1-15-13-19(34-12-11-28-22(34)9-10-24(25,26)27)6-7-20(15)23(33)31-32-30-18-5-8-21-17(14-18)4-3-16(2)29-21/h3-8,13-14,34H,9-12H2,1-2H3/q+1. The number of carbonyl (C=O) groups is 1. The van der Waals surface area contributed by atoms with Crippen LogP contribution in [0.4, 0.5) is 18.9 Å². The molecule has 0 spiro atoms. The van der Waals surface area contributed by atoms with Gasteiger partial charge in [-0.2, -0.15) is 24.1 Å². The SMILES string of the molecule is Cc1ccc2cc(N=[N+]=NC(=O)c3ccc([SH]4CCN=C4CCC(F)(F)F)cc3C)ccc2n1. The Balaban J connectivity index is 1.47. The highest BCUT2D eigenvalue weighted by Crippen LogP contribution is 2.44. The second-order valence-electron chi connectivity index (χ2n) is 7.99. The van der Waals surface area contributed by atoms with Crippen molar-refractivity contribution in [1.29, 1.82) is 0 Å². The second-order valence-corrected chi connectivity index (χ2v) is 10.3. The van der Waals surface area contributed by atoms with Gasteiger partial charge >= 0.3 is 12.1 Å². The summed E-state index contributed by atoms with van der Waals surface area (Å²) in [7, 11) is -0.902. The predicted molar refractivity (Wildman–Crippen MR) is 128 cm³/mol. The van der Waals surface area contributed by atoms with Gasteiger partial charge < -0.3 is 0 Å². The number of hydrogen-bond donors (Lipinski definition) is 1. The highest BCUT2D eigenvalue weighted by molar-refractivity contribution is 8.30. The third-order valence-corrected chi connectivity index (χ3v) is 7.96. The molecule has 4 rings (SSSR count). The Bertz CT molecular complexity index is 1350. The van der Waals surface area contributed by atoms with Crippen molar-refractivity contribution < 1.29 is 18.0 Å². The molecule has 0 saturated carbocycles. The van der Waals surface area contributed by atoms with Crippen molar-refractivity contribution in [3.63, 3.8) is 0 Å². The van der Waals surface area contributed by atoms with Crippen molar-refractivity contribution in [3.8, 4) is 0 Å². The number of nitrogens with zero attached hydrogens (tertiary/aromatic N) is 5. The van der Waals surface area contributed by atoms with Gasteiger partial charge in [0.1, 0.15) is 0 Å². The number of benzene rings is 2. The molecule has 6 nitrogen and oxygen atoms in total. The highest BCUT2D eigenvalue weighted by Gasteiger charge is 2.30. The number of hydrogen-bond acceptors (Lipinski definition) is 4. The first kappa shape index (κ1) is 23.8. The largest absolute Gasteiger partial charge is 0.389 e. The average molecular weight is 487 g/mol. The Morgan fingerprint density at radius 3 is 2.71 bits per heavy atom. The van der Waals surface area contributed by atoms with Crippen LogP contribution in [0.15, 0.2) is 68.6 Å². The van der Waals surface area contributed by atoms with Crippen LogP contribution in [0, 0.1) is 13.8 Å². The monoisotopic (exact) mass is 486 g/mol. The third-order valence-electron chi connectivity index (χ3n) is 5.42. The molecule has 176 valence electrons. The van der Waals surface area contributed by atoms with Crippen molar-refractivity contribution in [2.24, 2.45) is 15.2 Å². The van der Waals surface area contributed by atoms with Crippen LogP contribution in [0.2, 0.25) is 0 Å². The molecule has 0 aliphatic carbocycles. The van der Waals surface area contributed by atoms with Gasteiger partial charge in [-0.3, -0.25) is 14.8 Å². The number of pyridine rings is 1. The first-order chi connectivity index (χ1) is 16.2. The molecule has 1 unspecified atom stereocenters. The highest BCUT2D eigenvalue weighted by atomic mass is 32.2. The van der Waals surface area contributed by atoms with Crippen LogP contribution in [-0.4, -0.2) is 34.4 Å². The van der Waals surface area contributed by atoms with E-state index >= 15 is 0 Å². The number of fused-ring (bicyclic) bond motifs is 1. The maximum Gasteiger partial charge on any atom is 0.389 e. The number of carbonyl (C=O) groups excluding carboxylic acids is 1. The number of alkyl halides is 3. The summed E-state index contributed by atoms with van der Waals surface area (Å²) in [6.45, 7) is 4.24. The van der Waals surface area contributed by atoms with Gasteiger partial charge in [-0.1, -0.05) is 6.07 Å². The summed E-state index contributed by atoms with van der Waals surface area (Å²) in [6, 6.07) is 14.5. The number of amides is 1. The first-order valence-electron chi connectivity index (χ1n) is 10.7. The molecule has 1 amide bonds. The molecule has 3 aromatic rings. The number of aliphatic imine (C=N–C) groups is 1. The zero-order chi connectivity index (χ0) is 24.3. The van der Waals surface area contributed by atoms with Gasteiger partial charge in [-0.15, -0.1) is 0 Å². The molecule has 1 atom stereocenters. The minimum Gasteiger partial charge on any atom is -0.284 e. The van der Waals surface area contributed by atoms with Crippen molar-refractivity contribution >= 4 is 38.4 Å². The van der Waals surface area contributed by atoms with Crippen molar-refractivity contribution in [3.05, 3.63) is 65.4 Å². The van der Waals surface area contributed by atoms with Gasteiger partial charge in [-0.25, -0.2) is 0 Å². The molecule has 1 aliphatic heterocycles. The van der Waals surface area contributed by atoms with E-state index in [9.17, 15) is 18.0 Å². The molecular formula is C24H23F3N5OS+. The lowest BCUT2D eigenvalue weighted by Gasteiger charge is -2.19. The normalized spacial score (nSPS) is 16.7. The maximum atomic E-state index is 12.6. The third kappa shape index (κ3) is 5.76. The summed E-state index contributed by atoms with van der Waals surface area (Å²) in [5.41, 5.74) is 3.39. The number of rotatable bonds is 5. The first-order valence-corrected chi connectivity index (χ1v) is 12.2. The van der Waals surface area contributed by atoms with E-state index in [1.165, 1.54) is 0 Å². The van der Waals surface area contributed by atoms with Gasteiger partial charge in [0.15, 0.2) is 10.8 Å². The molecular weight excluding hydrogens is 463 g/mol. The summed E-state index contributed by atoms with van der Waals surface area (Å²) < 4.78 is 37.9. The molecule has 10 heteroatoms. The van der Waals surface area contributed by atoms with Crippen molar-refractivity contribution in [1.82, 2.24) is 9.90 Å². The molecule has 0 bridgehead atoms. The minimum atomic E-state index is -4.20. The van der Waals surface area contributed by atoms with Gasteiger partial charge in [0.25, 0.3) is 0 Å². The molecule has 1 aliphatic rings. The van der Waals surface area contributed by atoms with Crippen LogP contribution in [0.25, 0.3) is 10.9 Å². The second kappa shape index (κ2) is 9.87. The number of halogens is 3. The molecule has 2 aromatic carbocycles. The lowest BCUT2D eigenvalue weighted by atomic mass is 10.1. The van der Waals surface area contributed by atoms with Gasteiger partial charge in [0, 0.05) is 36.2 Å². The van der Waals surface area contributed by atoms with E-state index < -0.39 is 29.4 Å². The maximum absolute atomic E-state index is 12.6. The van der Waals surface area contributed by atoms with Crippen LogP contribution in [0.5, 0.6) is 0 Å². The minimum absolute atomic E-state index is 0.0743. The Kier molecular flexibility index (Phi) is 6.90. The lowest BCUT2D eigenvalue weighted by molar-refractivity contribution is -0.132. The fourth-order valence-electron chi connectivity index (χ4n) is 3.74. The number of thiol groups is 1. The molecule has 0 fully saturated rings. The van der Waals surface area contributed by atoms with E-state index in [0.717, 1.165) is 27.2 Å². The van der Waals surface area contributed by atoms with Crippen LogP contribution in [-0.2, 0) is 0 Å². The fourth-order valence-corrected chi connectivity index (χ4v) is 6.11. The van der Waals surface area contributed by atoms with Crippen LogP contribution in [0.3, 0.4) is 0 Å². The van der Waals surface area contributed by atoms with E-state index in [-0.39, 0.29) is 6.42 Å². The average Bonchev–Trinajstić information content (AvgIpc) is 3.26. The topological polar surface area (TPSA) is 81.1 Å². The smallest absolute Gasteiger partial charge is 0.284 e. The molecule has 0 saturated heterocycles. The summed E-state index contributed by atoms with van der Waals surface area (Å²) in [5, 5.41) is 9.25. The molecule has 0 radical (unpaired) electrons. The van der Waals surface area contributed by atoms with E-state index in [1.807, 2.05) is 37.3 Å². The Morgan fingerprint density at radius 1 is 1.12 bits per heavy atom. The number of aryl methyl sites for hydroxylation is 2. The predicted octanol–water partition coefficient (Wildman–Crippen LogP) is 6.41. The summed E-state index contributed by atoms with van der Waals surface area (Å²) in [4.78, 5) is 25.9. The van der Waals surface area contributed by atoms with Crippen molar-refractivity contribution in [2.75, 3.05) is 12.3 Å². The zero-order valence-electron chi connectivity index (χ0n) is 18.7. The summed E-state index contributed by atoms with van der Waals surface area (Å²) in [5.74, 6) is 0.199. The Hall–Kier alpha value is -3.36. The van der Waals surface area contributed by atoms with Crippen LogP contribution >= 0.6 is 10.9 Å². The quantitative estimate of drug-likeness (QED) is 0.257. The lowest BCUT2D eigenvalue weighted by Crippen LogP contribution is -2.10. The number of aromatic nitrogens is 1. The van der Waals surface area contributed by atoms with Gasteiger partial charge in [0.2, 0.25) is 10.0 Å². The van der Waals surface area contributed by atoms with Crippen LogP contribution < -0.4 is 4.91 Å². The molecule has 0 N–H and O–H groups in total. The van der Waals surface area contributed by atoms with E-state index in [2.05, 4.69) is 25.1 Å². The molecule has 2 heterocycles. The zero-order valence-corrected chi connectivity index (χ0v) is 19.6. The molecule has 34 heavy (non-hydrogen) atoms. The van der Waals surface area contributed by atoms with Gasteiger partial charge in [-0.05, 0) is 66.8 Å². The van der Waals surface area contributed by atoms with E-state index in [0.29, 0.717) is 28.4 Å². The van der Waals surface area contributed by atoms with E-state index in [4.69, 9.17) is 0 Å². The molecule has 1 aromatic heterocycles. The van der Waals surface area contributed by atoms with E-state index in [1.54, 1.807) is 25.1 Å². The summed E-state index contributed by atoms with van der Waals surface area (Å²) in [6.07, 6.45) is -5.14. The van der Waals surface area contributed by atoms with Crippen molar-refractivity contribution in [2.45, 2.75) is 37.8 Å². The fraction of sp³-hybridized carbons (Fsp3) is 0.292. The van der Waals surface area contributed by atoms with Crippen LogP contribution in [0.1, 0.15) is 34.5 Å². The summed E-state index contributed by atoms with van der Waals surface area (Å²) >= 11 is 0. The van der Waals surface area contributed by atoms with Gasteiger partial charge in [0.05, 0.1) is 16.1 Å². The Labute approximate surface area is 197 Å².